The van der Waals surface area contributed by atoms with Gasteiger partial charge in [0, 0.05) is 21.1 Å². The molecule has 0 fully saturated rings. The van der Waals surface area contributed by atoms with Crippen molar-refractivity contribution in [1.29, 1.82) is 0 Å². The van der Waals surface area contributed by atoms with Gasteiger partial charge in [0.1, 0.15) is 11.9 Å². The summed E-state index contributed by atoms with van der Waals surface area (Å²) in [5, 5.41) is 7.71. The molecule has 0 rings (SSSR count). The summed E-state index contributed by atoms with van der Waals surface area (Å²) in [6, 6.07) is 0. The van der Waals surface area contributed by atoms with Crippen molar-refractivity contribution in [2.24, 2.45) is 0 Å². The van der Waals surface area contributed by atoms with Crippen LogP contribution in [0.5, 0.6) is 0 Å². The van der Waals surface area contributed by atoms with E-state index in [2.05, 4.69) is 16.3 Å². The summed E-state index contributed by atoms with van der Waals surface area (Å²) in [7, 11) is 0. The van der Waals surface area contributed by atoms with Crippen LogP contribution in [0.3, 0.4) is 0 Å². The maximum Gasteiger partial charge on any atom is 0.311 e. The van der Waals surface area contributed by atoms with Crippen molar-refractivity contribution < 1.29 is 30.5 Å². The fraction of sp³-hybridized carbons (Fsp3) is 0. The van der Waals surface area contributed by atoms with Crippen LogP contribution in [0.1, 0.15) is 0 Å². The first-order chi connectivity index (χ1) is 2.27. The number of halogens is 1. The normalized spacial score (nSPS) is 5.50. The summed E-state index contributed by atoms with van der Waals surface area (Å²) in [6.45, 7) is 0. The molecule has 0 atom stereocenters. The monoisotopic (exact) mass is 292 g/mol. The molecule has 0 aromatic heterocycles. The Hall–Kier alpha value is 0.178. The van der Waals surface area contributed by atoms with Crippen molar-refractivity contribution in [2.45, 2.75) is 0 Å². The fourth-order valence-electron chi connectivity index (χ4n) is 0. The second kappa shape index (κ2) is 5.18. The summed E-state index contributed by atoms with van der Waals surface area (Å²) >= 11 is 4.14. The Morgan fingerprint density at radius 2 is 2.00 bits per heavy atom. The minimum Gasteiger partial charge on any atom is -0.199 e. The van der Waals surface area contributed by atoms with Crippen molar-refractivity contribution in [3.05, 3.63) is 10.1 Å². The molecular formula is ClNO3Pt. The maximum absolute atomic E-state index is 8.82. The molecule has 4 nitrogen and oxygen atoms in total. The average molecular weight is 293 g/mol. The van der Waals surface area contributed by atoms with E-state index in [9.17, 15) is 0 Å². The van der Waals surface area contributed by atoms with Crippen LogP contribution in [-0.2, 0) is 25.5 Å². The molecule has 6 heteroatoms. The van der Waals surface area contributed by atoms with Gasteiger partial charge in [-0.05, 0) is 0 Å². The second-order valence-electron chi connectivity index (χ2n) is 0.293. The van der Waals surface area contributed by atoms with Gasteiger partial charge >= 0.3 is 5.09 Å². The quantitative estimate of drug-likeness (QED) is 0.517. The standard InChI is InChI=1S/ClNO3.Pt/c1-5-2(3)4;. The van der Waals surface area contributed by atoms with Crippen LogP contribution in [0.25, 0.3) is 0 Å². The predicted octanol–water partition coefficient (Wildman–Crippen LogP) is 0.346. The molecule has 0 saturated heterocycles. The van der Waals surface area contributed by atoms with Crippen LogP contribution in [0.2, 0.25) is 0 Å². The van der Waals surface area contributed by atoms with E-state index in [1.54, 1.807) is 0 Å². The van der Waals surface area contributed by atoms with Gasteiger partial charge in [0.15, 0.2) is 0 Å². The Balaban J connectivity index is 0. The summed E-state index contributed by atoms with van der Waals surface area (Å²) in [6.07, 6.45) is 0. The van der Waals surface area contributed by atoms with E-state index in [0.717, 1.165) is 0 Å². The Morgan fingerprint density at radius 3 is 2.00 bits per heavy atom. The van der Waals surface area contributed by atoms with E-state index in [0.29, 0.717) is 0 Å². The summed E-state index contributed by atoms with van der Waals surface area (Å²) in [4.78, 5) is 8.82. The van der Waals surface area contributed by atoms with E-state index in [4.69, 9.17) is 10.1 Å². The van der Waals surface area contributed by atoms with Gasteiger partial charge in [0.25, 0.3) is 0 Å². The van der Waals surface area contributed by atoms with Crippen molar-refractivity contribution in [2.75, 3.05) is 0 Å². The number of hydrogen-bond acceptors (Lipinski definition) is 3. The van der Waals surface area contributed by atoms with Crippen LogP contribution in [-0.4, -0.2) is 5.09 Å². The summed E-state index contributed by atoms with van der Waals surface area (Å²) in [5.41, 5.74) is 0. The van der Waals surface area contributed by atoms with Crippen molar-refractivity contribution in [1.82, 2.24) is 0 Å². The molecule has 0 aliphatic carbocycles. The SMILES string of the molecule is O=[N+]([O-])OCl.[Pt]. The zero-order valence-corrected chi connectivity index (χ0v) is 5.39. The van der Waals surface area contributed by atoms with Gasteiger partial charge in [-0.25, -0.2) is 0 Å². The molecule has 0 unspecified atom stereocenters. The Morgan fingerprint density at radius 1 is 1.83 bits per heavy atom. The Labute approximate surface area is 53.0 Å². The molecule has 0 radical (unpaired) electrons. The molecule has 0 saturated carbocycles. The van der Waals surface area contributed by atoms with Crippen LogP contribution in [0.4, 0.5) is 0 Å². The molecule has 0 N–H and O–H groups in total. The largest absolute Gasteiger partial charge is 0.311 e. The van der Waals surface area contributed by atoms with E-state index >= 15 is 0 Å². The smallest absolute Gasteiger partial charge is 0.199 e. The van der Waals surface area contributed by atoms with Gasteiger partial charge in [0.05, 0.1) is 0 Å². The molecule has 0 aliphatic heterocycles. The molecule has 0 aromatic carbocycles. The maximum atomic E-state index is 8.82. The van der Waals surface area contributed by atoms with E-state index < -0.39 is 5.09 Å². The number of hydrogen-bond donors (Lipinski definition) is 0. The van der Waals surface area contributed by atoms with E-state index in [1.807, 2.05) is 0 Å². The first kappa shape index (κ1) is 9.49. The van der Waals surface area contributed by atoms with Crippen LogP contribution >= 0.6 is 11.9 Å². The molecule has 0 heterocycles. The first-order valence-corrected chi connectivity index (χ1v) is 1.01. The van der Waals surface area contributed by atoms with E-state index in [-0.39, 0.29) is 21.1 Å². The molecule has 0 spiro atoms. The van der Waals surface area contributed by atoms with Gasteiger partial charge in [0.2, 0.25) is 0 Å². The third-order valence-corrected chi connectivity index (χ3v) is 0.169. The minimum absolute atomic E-state index is 0. The zero-order chi connectivity index (χ0) is 4.28. The van der Waals surface area contributed by atoms with Gasteiger partial charge in [-0.3, -0.25) is 0 Å². The Bertz CT molecular complexity index is 46.1. The average Bonchev–Trinajstić information content (AvgIpc) is 1.38. The molecule has 0 amide bonds. The van der Waals surface area contributed by atoms with Crippen molar-refractivity contribution in [3.8, 4) is 0 Å². The topological polar surface area (TPSA) is 52.4 Å². The second-order valence-corrected chi connectivity index (χ2v) is 0.431. The van der Waals surface area contributed by atoms with E-state index in [1.165, 1.54) is 0 Å². The zero-order valence-electron chi connectivity index (χ0n) is 2.37. The third-order valence-electron chi connectivity index (χ3n) is 0.0563. The summed E-state index contributed by atoms with van der Waals surface area (Å²) < 4.78 is 2.94. The van der Waals surface area contributed by atoms with Crippen molar-refractivity contribution in [3.63, 3.8) is 0 Å². The van der Waals surface area contributed by atoms with Crippen molar-refractivity contribution >= 4 is 11.9 Å². The summed E-state index contributed by atoms with van der Waals surface area (Å²) in [5.74, 6) is 0. The number of rotatable bonds is 1. The van der Waals surface area contributed by atoms with Gasteiger partial charge < -0.3 is 0 Å². The van der Waals surface area contributed by atoms with Crippen LogP contribution < -0.4 is 0 Å². The third kappa shape index (κ3) is 8.90. The fourth-order valence-corrected chi connectivity index (χ4v) is 0. The van der Waals surface area contributed by atoms with Gasteiger partial charge in [-0.2, -0.15) is 4.39 Å². The van der Waals surface area contributed by atoms with Crippen LogP contribution in [0, 0.1) is 10.1 Å². The molecule has 6 heavy (non-hydrogen) atoms. The van der Waals surface area contributed by atoms with Gasteiger partial charge in [-0.1, -0.05) is 0 Å². The number of nitrogens with zero attached hydrogens (tertiary/aromatic N) is 1. The minimum atomic E-state index is -1.11. The molecular weight excluding hydrogens is 293 g/mol. The molecule has 0 bridgehead atoms. The molecule has 0 aliphatic rings. The van der Waals surface area contributed by atoms with Gasteiger partial charge in [-0.15, -0.1) is 10.1 Å². The van der Waals surface area contributed by atoms with Crippen LogP contribution in [0.15, 0.2) is 0 Å². The molecule has 40 valence electrons. The first-order valence-electron chi connectivity index (χ1n) is 0.702. The predicted molar refractivity (Wildman–Crippen MR) is 13.9 cm³/mol. The Kier molecular flexibility index (Phi) is 8.19. The molecule has 0 aromatic rings.